The van der Waals surface area contributed by atoms with Gasteiger partial charge in [0.1, 0.15) is 0 Å². The summed E-state index contributed by atoms with van der Waals surface area (Å²) in [7, 11) is 0. The summed E-state index contributed by atoms with van der Waals surface area (Å²) in [5, 5.41) is 3.37. The fourth-order valence-electron chi connectivity index (χ4n) is 2.73. The van der Waals surface area contributed by atoms with E-state index < -0.39 is 12.7 Å². The minimum atomic E-state index is -4.13. The van der Waals surface area contributed by atoms with E-state index in [-0.39, 0.29) is 5.41 Å². The predicted molar refractivity (Wildman–Crippen MR) is 73.8 cm³/mol. The van der Waals surface area contributed by atoms with Crippen LogP contribution in [0.2, 0.25) is 0 Å². The first-order valence-corrected chi connectivity index (χ1v) is 7.48. The molecule has 0 bridgehead atoms. The van der Waals surface area contributed by atoms with Crippen LogP contribution in [-0.2, 0) is 4.74 Å². The molecule has 20 heavy (non-hydrogen) atoms. The van der Waals surface area contributed by atoms with E-state index in [1.807, 2.05) is 0 Å². The second kappa shape index (κ2) is 8.20. The molecule has 3 nitrogen and oxygen atoms in total. The Hall–Kier alpha value is -0.330. The molecule has 0 radical (unpaired) electrons. The average molecular weight is 296 g/mol. The number of rotatable bonds is 8. The van der Waals surface area contributed by atoms with Crippen LogP contribution in [-0.4, -0.2) is 57.0 Å². The molecule has 0 amide bonds. The third-order valence-corrected chi connectivity index (χ3v) is 3.89. The Labute approximate surface area is 119 Å². The summed E-state index contributed by atoms with van der Waals surface area (Å²) in [4.78, 5) is 1.51. The molecule has 1 aliphatic heterocycles. The van der Waals surface area contributed by atoms with Crippen molar-refractivity contribution in [2.45, 2.75) is 39.3 Å². The molecular weight excluding hydrogens is 269 g/mol. The van der Waals surface area contributed by atoms with Gasteiger partial charge in [-0.15, -0.1) is 0 Å². The normalized spacial score (nSPS) is 19.5. The number of nitrogens with zero attached hydrogens (tertiary/aromatic N) is 1. The SMILES string of the molecule is CCCNCC1(CN(CC)CC(F)(F)F)CCOCC1. The Morgan fingerprint density at radius 1 is 1.20 bits per heavy atom. The van der Waals surface area contributed by atoms with Gasteiger partial charge in [0.25, 0.3) is 0 Å². The number of nitrogens with one attached hydrogen (secondary N) is 1. The fraction of sp³-hybridized carbons (Fsp3) is 1.00. The van der Waals surface area contributed by atoms with Crippen LogP contribution in [0.1, 0.15) is 33.1 Å². The third-order valence-electron chi connectivity index (χ3n) is 3.89. The van der Waals surface area contributed by atoms with Gasteiger partial charge in [0.2, 0.25) is 0 Å². The van der Waals surface area contributed by atoms with E-state index in [4.69, 9.17) is 4.74 Å². The van der Waals surface area contributed by atoms with Crippen LogP contribution in [0.5, 0.6) is 0 Å². The lowest BCUT2D eigenvalue weighted by molar-refractivity contribution is -0.150. The van der Waals surface area contributed by atoms with E-state index in [0.717, 1.165) is 32.4 Å². The van der Waals surface area contributed by atoms with Gasteiger partial charge in [-0.1, -0.05) is 13.8 Å². The third kappa shape index (κ3) is 6.41. The highest BCUT2D eigenvalue weighted by Gasteiger charge is 2.37. The van der Waals surface area contributed by atoms with Crippen LogP contribution >= 0.6 is 0 Å². The van der Waals surface area contributed by atoms with E-state index in [2.05, 4.69) is 12.2 Å². The van der Waals surface area contributed by atoms with Crippen molar-refractivity contribution in [1.82, 2.24) is 10.2 Å². The van der Waals surface area contributed by atoms with Crippen molar-refractivity contribution < 1.29 is 17.9 Å². The minimum Gasteiger partial charge on any atom is -0.381 e. The first-order chi connectivity index (χ1) is 9.41. The molecular formula is C14H27F3N2O. The Morgan fingerprint density at radius 3 is 2.35 bits per heavy atom. The van der Waals surface area contributed by atoms with Crippen LogP contribution in [0.4, 0.5) is 13.2 Å². The molecule has 1 rings (SSSR count). The van der Waals surface area contributed by atoms with Gasteiger partial charge in [-0.05, 0) is 37.8 Å². The van der Waals surface area contributed by atoms with E-state index in [1.54, 1.807) is 6.92 Å². The van der Waals surface area contributed by atoms with Crippen molar-refractivity contribution in [3.63, 3.8) is 0 Å². The minimum absolute atomic E-state index is 0.0886. The second-order valence-corrected chi connectivity index (χ2v) is 5.71. The zero-order chi connectivity index (χ0) is 15.1. The number of hydrogen-bond acceptors (Lipinski definition) is 3. The molecule has 0 spiro atoms. The lowest BCUT2D eigenvalue weighted by atomic mass is 9.79. The molecule has 0 aliphatic carbocycles. The highest BCUT2D eigenvalue weighted by atomic mass is 19.4. The highest BCUT2D eigenvalue weighted by molar-refractivity contribution is 4.87. The van der Waals surface area contributed by atoms with Crippen molar-refractivity contribution in [1.29, 1.82) is 0 Å². The highest BCUT2D eigenvalue weighted by Crippen LogP contribution is 2.32. The monoisotopic (exact) mass is 296 g/mol. The van der Waals surface area contributed by atoms with Crippen LogP contribution in [0.15, 0.2) is 0 Å². The van der Waals surface area contributed by atoms with Gasteiger partial charge in [-0.2, -0.15) is 13.2 Å². The number of alkyl halides is 3. The van der Waals surface area contributed by atoms with Gasteiger partial charge in [0.15, 0.2) is 0 Å². The standard InChI is InChI=1S/C14H27F3N2O/c1-3-7-18-10-13(5-8-20-9-6-13)11-19(4-2)12-14(15,16)17/h18H,3-12H2,1-2H3. The molecule has 1 aliphatic rings. The van der Waals surface area contributed by atoms with Crippen LogP contribution in [0.3, 0.4) is 0 Å². The molecule has 0 aromatic carbocycles. The maximum atomic E-state index is 12.6. The molecule has 120 valence electrons. The van der Waals surface area contributed by atoms with Gasteiger partial charge < -0.3 is 10.1 Å². The van der Waals surface area contributed by atoms with Gasteiger partial charge in [-0.3, -0.25) is 4.90 Å². The van der Waals surface area contributed by atoms with Gasteiger partial charge in [0.05, 0.1) is 6.54 Å². The van der Waals surface area contributed by atoms with E-state index in [1.165, 1.54) is 4.90 Å². The Morgan fingerprint density at radius 2 is 1.85 bits per heavy atom. The molecule has 0 atom stereocenters. The van der Waals surface area contributed by atoms with Gasteiger partial charge in [-0.25, -0.2) is 0 Å². The predicted octanol–water partition coefficient (Wildman–Crippen LogP) is 2.67. The second-order valence-electron chi connectivity index (χ2n) is 5.71. The lowest BCUT2D eigenvalue weighted by Gasteiger charge is -2.41. The quantitative estimate of drug-likeness (QED) is 0.697. The summed E-state index contributed by atoms with van der Waals surface area (Å²) in [5.41, 5.74) is -0.0886. The van der Waals surface area contributed by atoms with Crippen LogP contribution in [0, 0.1) is 5.41 Å². The summed E-state index contributed by atoms with van der Waals surface area (Å²) in [5.74, 6) is 0. The Kier molecular flexibility index (Phi) is 7.26. The first-order valence-electron chi connectivity index (χ1n) is 7.48. The fourth-order valence-corrected chi connectivity index (χ4v) is 2.73. The van der Waals surface area contributed by atoms with Crippen molar-refractivity contribution in [2.75, 3.05) is 45.9 Å². The zero-order valence-corrected chi connectivity index (χ0v) is 12.6. The maximum Gasteiger partial charge on any atom is 0.401 e. The summed E-state index contributed by atoms with van der Waals surface area (Å²) in [6, 6.07) is 0. The summed E-state index contributed by atoms with van der Waals surface area (Å²) >= 11 is 0. The molecule has 1 heterocycles. The molecule has 0 aromatic rings. The van der Waals surface area contributed by atoms with E-state index in [9.17, 15) is 13.2 Å². The molecule has 6 heteroatoms. The topological polar surface area (TPSA) is 24.5 Å². The van der Waals surface area contributed by atoms with Crippen molar-refractivity contribution in [3.8, 4) is 0 Å². The number of hydrogen-bond donors (Lipinski definition) is 1. The molecule has 0 unspecified atom stereocenters. The van der Waals surface area contributed by atoms with Crippen molar-refractivity contribution >= 4 is 0 Å². The molecule has 1 saturated heterocycles. The van der Waals surface area contributed by atoms with Crippen LogP contribution < -0.4 is 5.32 Å². The first kappa shape index (κ1) is 17.7. The van der Waals surface area contributed by atoms with E-state index >= 15 is 0 Å². The molecule has 0 saturated carbocycles. The number of halogens is 3. The van der Waals surface area contributed by atoms with E-state index in [0.29, 0.717) is 26.3 Å². The van der Waals surface area contributed by atoms with Crippen molar-refractivity contribution in [3.05, 3.63) is 0 Å². The number of ether oxygens (including phenoxy) is 1. The summed E-state index contributed by atoms with van der Waals surface area (Å²) < 4.78 is 43.2. The summed E-state index contributed by atoms with van der Waals surface area (Å²) in [6.07, 6.45) is -1.43. The average Bonchev–Trinajstić information content (AvgIpc) is 2.38. The van der Waals surface area contributed by atoms with Crippen molar-refractivity contribution in [2.24, 2.45) is 5.41 Å². The van der Waals surface area contributed by atoms with Crippen LogP contribution in [0.25, 0.3) is 0 Å². The van der Waals surface area contributed by atoms with Gasteiger partial charge in [0, 0.05) is 26.3 Å². The molecule has 0 aromatic heterocycles. The lowest BCUT2D eigenvalue weighted by Crippen LogP contribution is -2.49. The molecule has 1 fully saturated rings. The Balaban J connectivity index is 2.61. The van der Waals surface area contributed by atoms with Gasteiger partial charge >= 0.3 is 6.18 Å². The maximum absolute atomic E-state index is 12.6. The Bertz CT molecular complexity index is 266. The molecule has 1 N–H and O–H groups in total. The summed E-state index contributed by atoms with van der Waals surface area (Å²) in [6.45, 7) is 6.96. The zero-order valence-electron chi connectivity index (χ0n) is 12.6. The largest absolute Gasteiger partial charge is 0.401 e. The smallest absolute Gasteiger partial charge is 0.381 e.